The van der Waals surface area contributed by atoms with Crippen molar-refractivity contribution in [3.8, 4) is 5.69 Å². The molecular formula is C21H25N5O2S. The van der Waals surface area contributed by atoms with Gasteiger partial charge in [-0.15, -0.1) is 10.2 Å². The van der Waals surface area contributed by atoms with Crippen molar-refractivity contribution in [1.82, 2.24) is 24.6 Å². The van der Waals surface area contributed by atoms with Gasteiger partial charge in [-0.25, -0.2) is 4.98 Å². The summed E-state index contributed by atoms with van der Waals surface area (Å²) in [5.41, 5.74) is 2.60. The van der Waals surface area contributed by atoms with Crippen LogP contribution in [0.5, 0.6) is 0 Å². The van der Waals surface area contributed by atoms with Crippen LogP contribution in [0.15, 0.2) is 40.1 Å². The fraction of sp³-hybridized carbons (Fsp3) is 0.429. The summed E-state index contributed by atoms with van der Waals surface area (Å²) in [7, 11) is 0. The maximum atomic E-state index is 12.6. The normalized spacial score (nSPS) is 15.1. The van der Waals surface area contributed by atoms with Crippen LogP contribution in [0, 0.1) is 19.8 Å². The second-order valence-corrected chi connectivity index (χ2v) is 8.53. The first-order valence-electron chi connectivity index (χ1n) is 9.87. The summed E-state index contributed by atoms with van der Waals surface area (Å²) in [6.07, 6.45) is 3.55. The summed E-state index contributed by atoms with van der Waals surface area (Å²) in [6, 6.07) is 8.24. The van der Waals surface area contributed by atoms with Crippen molar-refractivity contribution in [2.75, 3.05) is 13.1 Å². The standard InChI is InChI=1S/C21H25N5O2S/c1-14-4-6-17(7-5-14)26-16(3)23-24-21(26)29-13-19-22-18(12-28-19)20(27)25-10-8-15(2)9-11-25/h4-7,12,15H,8-11,13H2,1-3H3. The molecule has 3 aromatic rings. The molecule has 0 radical (unpaired) electrons. The number of nitrogens with zero attached hydrogens (tertiary/aromatic N) is 5. The molecule has 1 aliphatic rings. The van der Waals surface area contributed by atoms with Crippen molar-refractivity contribution in [2.24, 2.45) is 5.92 Å². The number of amides is 1. The third kappa shape index (κ3) is 4.37. The molecule has 1 aromatic carbocycles. The van der Waals surface area contributed by atoms with Crippen molar-refractivity contribution in [1.29, 1.82) is 0 Å². The fourth-order valence-electron chi connectivity index (χ4n) is 3.40. The Morgan fingerprint density at radius 3 is 2.62 bits per heavy atom. The van der Waals surface area contributed by atoms with E-state index >= 15 is 0 Å². The summed E-state index contributed by atoms with van der Waals surface area (Å²) in [5.74, 6) is 2.45. The first-order chi connectivity index (χ1) is 14.0. The molecule has 1 saturated heterocycles. The van der Waals surface area contributed by atoms with Crippen molar-refractivity contribution in [3.63, 3.8) is 0 Å². The highest BCUT2D eigenvalue weighted by Gasteiger charge is 2.24. The molecule has 1 amide bonds. The molecule has 29 heavy (non-hydrogen) atoms. The van der Waals surface area contributed by atoms with Crippen LogP contribution in [0.3, 0.4) is 0 Å². The molecule has 0 saturated carbocycles. The lowest BCUT2D eigenvalue weighted by molar-refractivity contribution is 0.0691. The molecule has 8 heteroatoms. The fourth-order valence-corrected chi connectivity index (χ4v) is 4.25. The van der Waals surface area contributed by atoms with E-state index in [1.54, 1.807) is 0 Å². The van der Waals surface area contributed by atoms with Gasteiger partial charge < -0.3 is 9.32 Å². The van der Waals surface area contributed by atoms with Crippen LogP contribution < -0.4 is 0 Å². The summed E-state index contributed by atoms with van der Waals surface area (Å²) < 4.78 is 7.56. The van der Waals surface area contributed by atoms with E-state index in [1.165, 1.54) is 23.6 Å². The van der Waals surface area contributed by atoms with Gasteiger partial charge in [-0.05, 0) is 44.7 Å². The molecule has 2 aromatic heterocycles. The van der Waals surface area contributed by atoms with E-state index in [0.29, 0.717) is 23.3 Å². The first-order valence-corrected chi connectivity index (χ1v) is 10.9. The predicted molar refractivity (Wildman–Crippen MR) is 111 cm³/mol. The highest BCUT2D eigenvalue weighted by molar-refractivity contribution is 7.98. The van der Waals surface area contributed by atoms with Crippen molar-refractivity contribution >= 4 is 17.7 Å². The predicted octanol–water partition coefficient (Wildman–Crippen LogP) is 4.04. The summed E-state index contributed by atoms with van der Waals surface area (Å²) in [5, 5.41) is 9.26. The van der Waals surface area contributed by atoms with E-state index in [0.717, 1.165) is 42.6 Å². The van der Waals surface area contributed by atoms with E-state index < -0.39 is 0 Å². The molecule has 0 bridgehead atoms. The van der Waals surface area contributed by atoms with Gasteiger partial charge in [0.1, 0.15) is 12.1 Å². The van der Waals surface area contributed by atoms with Gasteiger partial charge in [0.25, 0.3) is 5.91 Å². The van der Waals surface area contributed by atoms with Gasteiger partial charge in [0, 0.05) is 18.8 Å². The number of rotatable bonds is 5. The number of hydrogen-bond acceptors (Lipinski definition) is 6. The van der Waals surface area contributed by atoms with Crippen LogP contribution in [0.2, 0.25) is 0 Å². The Hall–Kier alpha value is -2.61. The van der Waals surface area contributed by atoms with Crippen molar-refractivity contribution in [2.45, 2.75) is 44.5 Å². The molecule has 3 heterocycles. The largest absolute Gasteiger partial charge is 0.447 e. The van der Waals surface area contributed by atoms with E-state index in [2.05, 4.69) is 53.3 Å². The van der Waals surface area contributed by atoms with Crippen LogP contribution in [0.1, 0.15) is 47.5 Å². The molecule has 1 fully saturated rings. The average Bonchev–Trinajstić information content (AvgIpc) is 3.34. The van der Waals surface area contributed by atoms with E-state index in [4.69, 9.17) is 4.42 Å². The molecule has 0 N–H and O–H groups in total. The van der Waals surface area contributed by atoms with Crippen molar-refractivity contribution in [3.05, 3.63) is 53.5 Å². The van der Waals surface area contributed by atoms with Gasteiger partial charge in [0.05, 0.1) is 5.75 Å². The molecule has 0 atom stereocenters. The lowest BCUT2D eigenvalue weighted by Gasteiger charge is -2.29. The molecular weight excluding hydrogens is 386 g/mol. The summed E-state index contributed by atoms with van der Waals surface area (Å²) in [4.78, 5) is 18.9. The van der Waals surface area contributed by atoms with Crippen LogP contribution in [0.4, 0.5) is 0 Å². The van der Waals surface area contributed by atoms with Crippen LogP contribution in [-0.2, 0) is 5.75 Å². The minimum atomic E-state index is -0.0458. The maximum Gasteiger partial charge on any atom is 0.275 e. The lowest BCUT2D eigenvalue weighted by Crippen LogP contribution is -2.38. The summed E-state index contributed by atoms with van der Waals surface area (Å²) in [6.45, 7) is 7.79. The van der Waals surface area contributed by atoms with Crippen LogP contribution >= 0.6 is 11.8 Å². The molecule has 152 valence electrons. The van der Waals surface area contributed by atoms with Crippen LogP contribution in [-0.4, -0.2) is 43.6 Å². The number of oxazole rings is 1. The number of thioether (sulfide) groups is 1. The van der Waals surface area contributed by atoms with Gasteiger partial charge in [-0.3, -0.25) is 9.36 Å². The Morgan fingerprint density at radius 2 is 1.90 bits per heavy atom. The smallest absolute Gasteiger partial charge is 0.275 e. The van der Waals surface area contributed by atoms with Gasteiger partial charge in [0.2, 0.25) is 5.89 Å². The second-order valence-electron chi connectivity index (χ2n) is 7.59. The minimum absolute atomic E-state index is 0.0458. The molecule has 7 nitrogen and oxygen atoms in total. The van der Waals surface area contributed by atoms with Gasteiger partial charge in [-0.1, -0.05) is 36.4 Å². The Labute approximate surface area is 174 Å². The van der Waals surface area contributed by atoms with Gasteiger partial charge >= 0.3 is 0 Å². The maximum absolute atomic E-state index is 12.6. The van der Waals surface area contributed by atoms with Gasteiger partial charge in [0.15, 0.2) is 10.9 Å². The number of carbonyl (C=O) groups excluding carboxylic acids is 1. The number of hydrogen-bond donors (Lipinski definition) is 0. The van der Waals surface area contributed by atoms with Crippen molar-refractivity contribution < 1.29 is 9.21 Å². The number of aromatic nitrogens is 4. The SMILES string of the molecule is Cc1ccc(-n2c(C)nnc2SCc2nc(C(=O)N3CCC(C)CC3)co2)cc1. The number of benzene rings is 1. The topological polar surface area (TPSA) is 77.1 Å². The Morgan fingerprint density at radius 1 is 1.17 bits per heavy atom. The molecule has 0 unspecified atom stereocenters. The third-order valence-electron chi connectivity index (χ3n) is 5.25. The van der Waals surface area contributed by atoms with E-state index in [9.17, 15) is 4.79 Å². The Kier molecular flexibility index (Phi) is 5.71. The number of carbonyl (C=O) groups is 1. The zero-order valence-corrected chi connectivity index (χ0v) is 17.8. The number of piperidine rings is 1. The Bertz CT molecular complexity index is 987. The van der Waals surface area contributed by atoms with Gasteiger partial charge in [-0.2, -0.15) is 0 Å². The number of likely N-dealkylation sites (tertiary alicyclic amines) is 1. The quantitative estimate of drug-likeness (QED) is 0.590. The monoisotopic (exact) mass is 411 g/mol. The minimum Gasteiger partial charge on any atom is -0.447 e. The second kappa shape index (κ2) is 8.41. The van der Waals surface area contributed by atoms with E-state index in [-0.39, 0.29) is 5.91 Å². The lowest BCUT2D eigenvalue weighted by atomic mass is 9.99. The molecule has 0 spiro atoms. The van der Waals surface area contributed by atoms with E-state index in [1.807, 2.05) is 16.4 Å². The zero-order valence-electron chi connectivity index (χ0n) is 17.0. The highest BCUT2D eigenvalue weighted by atomic mass is 32.2. The molecule has 4 rings (SSSR count). The molecule has 0 aliphatic carbocycles. The number of aryl methyl sites for hydroxylation is 2. The average molecular weight is 412 g/mol. The zero-order chi connectivity index (χ0) is 20.4. The summed E-state index contributed by atoms with van der Waals surface area (Å²) >= 11 is 1.49. The molecule has 1 aliphatic heterocycles. The van der Waals surface area contributed by atoms with Crippen LogP contribution in [0.25, 0.3) is 5.69 Å². The Balaban J connectivity index is 1.43. The highest BCUT2D eigenvalue weighted by Crippen LogP contribution is 2.25. The third-order valence-corrected chi connectivity index (χ3v) is 6.17. The first kappa shape index (κ1) is 19.7.